The number of ether oxygens (including phenoxy) is 3. The molecule has 1 aliphatic heterocycles. The summed E-state index contributed by atoms with van der Waals surface area (Å²) in [6.07, 6.45) is 2.83. The summed E-state index contributed by atoms with van der Waals surface area (Å²) < 4.78 is 97.4. The third-order valence-electron chi connectivity index (χ3n) is 7.54. The monoisotopic (exact) mass is 544 g/mol. The van der Waals surface area contributed by atoms with E-state index in [0.717, 1.165) is 82.8 Å². The van der Waals surface area contributed by atoms with Gasteiger partial charge in [0, 0.05) is 5.92 Å². The lowest BCUT2D eigenvalue weighted by molar-refractivity contribution is -0.205. The van der Waals surface area contributed by atoms with E-state index in [1.54, 1.807) is 0 Å². The Bertz CT molecular complexity index is 1030. The third kappa shape index (κ3) is 7.65. The number of rotatable bonds is 9. The van der Waals surface area contributed by atoms with E-state index in [2.05, 4.69) is 11.7 Å². The minimum Gasteiger partial charge on any atom is -0.481 e. The second kappa shape index (κ2) is 12.7. The van der Waals surface area contributed by atoms with E-state index in [9.17, 15) is 26.3 Å². The molecule has 1 aliphatic carbocycles. The highest BCUT2D eigenvalue weighted by Crippen LogP contribution is 2.40. The van der Waals surface area contributed by atoms with Crippen LogP contribution in [0.4, 0.5) is 26.3 Å². The molecule has 2 fully saturated rings. The van der Waals surface area contributed by atoms with E-state index in [1.807, 2.05) is 0 Å². The molecule has 0 N–H and O–H groups in total. The summed E-state index contributed by atoms with van der Waals surface area (Å²) in [5.74, 6) is -2.41. The molecule has 0 atom stereocenters. The van der Waals surface area contributed by atoms with Gasteiger partial charge in [0.2, 0.25) is 0 Å². The van der Waals surface area contributed by atoms with Crippen molar-refractivity contribution in [2.45, 2.75) is 76.7 Å². The van der Waals surface area contributed by atoms with Gasteiger partial charge in [0.25, 0.3) is 0 Å². The van der Waals surface area contributed by atoms with Gasteiger partial charge < -0.3 is 14.2 Å². The van der Waals surface area contributed by atoms with Crippen molar-refractivity contribution >= 4 is 0 Å². The first kappa shape index (κ1) is 28.7. The van der Waals surface area contributed by atoms with Gasteiger partial charge in [0.15, 0.2) is 24.5 Å². The van der Waals surface area contributed by atoms with Gasteiger partial charge in [-0.3, -0.25) is 0 Å². The van der Waals surface area contributed by atoms with Crippen LogP contribution in [0, 0.1) is 29.3 Å². The van der Waals surface area contributed by atoms with E-state index in [1.165, 1.54) is 12.1 Å². The van der Waals surface area contributed by atoms with E-state index in [4.69, 9.17) is 9.47 Å². The van der Waals surface area contributed by atoms with Crippen LogP contribution < -0.4 is 4.74 Å². The second-order valence-corrected chi connectivity index (χ2v) is 10.5. The van der Waals surface area contributed by atoms with Crippen molar-refractivity contribution in [1.29, 1.82) is 0 Å². The molecule has 0 aromatic heterocycles. The maximum absolute atomic E-state index is 15.0. The van der Waals surface area contributed by atoms with Gasteiger partial charge in [0.1, 0.15) is 11.6 Å². The molecule has 1 heterocycles. The van der Waals surface area contributed by atoms with Crippen molar-refractivity contribution in [1.82, 2.24) is 0 Å². The fraction of sp³-hybridized carbons (Fsp3) is 0.586. The van der Waals surface area contributed by atoms with E-state index >= 15 is 0 Å². The Morgan fingerprint density at radius 1 is 0.816 bits per heavy atom. The van der Waals surface area contributed by atoms with E-state index < -0.39 is 41.5 Å². The Kier molecular flexibility index (Phi) is 9.63. The van der Waals surface area contributed by atoms with Gasteiger partial charge in [-0.25, -0.2) is 13.2 Å². The molecule has 0 unspecified atom stereocenters. The van der Waals surface area contributed by atoms with Gasteiger partial charge in [-0.05, 0) is 92.2 Å². The van der Waals surface area contributed by atoms with Gasteiger partial charge in [-0.15, -0.1) is 0 Å². The van der Waals surface area contributed by atoms with Crippen molar-refractivity contribution in [3.05, 3.63) is 53.3 Å². The Labute approximate surface area is 219 Å². The minimum atomic E-state index is -4.63. The third-order valence-corrected chi connectivity index (χ3v) is 7.54. The molecule has 0 amide bonds. The van der Waals surface area contributed by atoms with Crippen molar-refractivity contribution in [2.24, 2.45) is 11.8 Å². The smallest absolute Gasteiger partial charge is 0.422 e. The first-order chi connectivity index (χ1) is 18.1. The lowest BCUT2D eigenvalue weighted by Gasteiger charge is -2.32. The number of hydrogen-bond donors (Lipinski definition) is 0. The molecule has 0 spiro atoms. The van der Waals surface area contributed by atoms with Gasteiger partial charge >= 0.3 is 6.18 Å². The molecule has 0 radical (unpaired) electrons. The van der Waals surface area contributed by atoms with Crippen LogP contribution in [0.1, 0.15) is 69.8 Å². The molecular formula is C29H34F6O3. The molecule has 2 aromatic rings. The van der Waals surface area contributed by atoms with E-state index in [-0.39, 0.29) is 17.8 Å². The van der Waals surface area contributed by atoms with Gasteiger partial charge in [-0.1, -0.05) is 19.4 Å². The average Bonchev–Trinajstić information content (AvgIpc) is 2.87. The van der Waals surface area contributed by atoms with Crippen molar-refractivity contribution in [2.75, 3.05) is 19.8 Å². The quantitative estimate of drug-likeness (QED) is 0.296. The predicted molar refractivity (Wildman–Crippen MR) is 131 cm³/mol. The molecule has 3 nitrogen and oxygen atoms in total. The summed E-state index contributed by atoms with van der Waals surface area (Å²) >= 11 is 0. The Morgan fingerprint density at radius 3 is 2.05 bits per heavy atom. The van der Waals surface area contributed by atoms with Crippen LogP contribution in [0.3, 0.4) is 0 Å². The maximum Gasteiger partial charge on any atom is 0.422 e. The van der Waals surface area contributed by atoms with Crippen LogP contribution in [0.2, 0.25) is 0 Å². The fourth-order valence-corrected chi connectivity index (χ4v) is 5.52. The molecule has 210 valence electrons. The van der Waals surface area contributed by atoms with Crippen LogP contribution in [0.5, 0.6) is 5.75 Å². The van der Waals surface area contributed by atoms with Crippen LogP contribution in [0.15, 0.2) is 30.3 Å². The molecular weight excluding hydrogens is 510 g/mol. The lowest BCUT2D eigenvalue weighted by Crippen LogP contribution is -2.32. The normalized spacial score (nSPS) is 24.4. The largest absolute Gasteiger partial charge is 0.481 e. The van der Waals surface area contributed by atoms with Crippen LogP contribution in [-0.4, -0.2) is 32.3 Å². The number of halogens is 6. The van der Waals surface area contributed by atoms with E-state index in [0.29, 0.717) is 17.4 Å². The zero-order valence-corrected chi connectivity index (χ0v) is 21.5. The summed E-state index contributed by atoms with van der Waals surface area (Å²) in [5, 5.41) is 0. The summed E-state index contributed by atoms with van der Waals surface area (Å²) in [7, 11) is 0. The highest BCUT2D eigenvalue weighted by Gasteiger charge is 2.30. The zero-order chi connectivity index (χ0) is 27.3. The fourth-order valence-electron chi connectivity index (χ4n) is 5.52. The predicted octanol–water partition coefficient (Wildman–Crippen LogP) is 8.56. The first-order valence-corrected chi connectivity index (χ1v) is 13.3. The summed E-state index contributed by atoms with van der Waals surface area (Å²) in [6, 6.07) is 5.43. The molecule has 2 aromatic carbocycles. The molecule has 1 saturated carbocycles. The van der Waals surface area contributed by atoms with Crippen LogP contribution >= 0.6 is 0 Å². The second-order valence-electron chi connectivity index (χ2n) is 10.5. The Morgan fingerprint density at radius 2 is 1.47 bits per heavy atom. The van der Waals surface area contributed by atoms with Crippen LogP contribution in [-0.2, 0) is 9.47 Å². The average molecular weight is 545 g/mol. The minimum absolute atomic E-state index is 0.0242. The topological polar surface area (TPSA) is 27.7 Å². The molecule has 9 heteroatoms. The summed E-state index contributed by atoms with van der Waals surface area (Å²) in [6.45, 7) is 2.00. The molecule has 38 heavy (non-hydrogen) atoms. The molecule has 1 saturated heterocycles. The number of benzene rings is 2. The van der Waals surface area contributed by atoms with Gasteiger partial charge in [-0.2, -0.15) is 13.2 Å². The highest BCUT2D eigenvalue weighted by atomic mass is 19.4. The van der Waals surface area contributed by atoms with Crippen molar-refractivity contribution in [3.63, 3.8) is 0 Å². The maximum atomic E-state index is 15.0. The number of alkyl halides is 3. The molecule has 2 aliphatic rings. The summed E-state index contributed by atoms with van der Waals surface area (Å²) in [5.41, 5.74) is 0.0337. The Balaban J connectivity index is 1.31. The Hall–Kier alpha value is -2.26. The SMILES string of the molecule is CCCC1COC(CCC2CCC(c3cc(F)c(-c4ccc(OCC(F)(F)F)c(F)c4)c(F)c3)CC2)OC1. The van der Waals surface area contributed by atoms with Crippen molar-refractivity contribution in [3.8, 4) is 16.9 Å². The summed E-state index contributed by atoms with van der Waals surface area (Å²) in [4.78, 5) is 0. The number of hydrogen-bond acceptors (Lipinski definition) is 3. The molecule has 0 bridgehead atoms. The molecule has 4 rings (SSSR count). The highest BCUT2D eigenvalue weighted by molar-refractivity contribution is 5.66. The first-order valence-electron chi connectivity index (χ1n) is 13.3. The van der Waals surface area contributed by atoms with Gasteiger partial charge in [0.05, 0.1) is 18.8 Å². The van der Waals surface area contributed by atoms with Crippen molar-refractivity contribution < 1.29 is 40.6 Å². The lowest BCUT2D eigenvalue weighted by atomic mass is 9.77. The zero-order valence-electron chi connectivity index (χ0n) is 21.5. The van der Waals surface area contributed by atoms with Crippen LogP contribution in [0.25, 0.3) is 11.1 Å². The standard InChI is InChI=1S/C29H34F6O3/c1-2-3-19-15-36-27(37-16-19)11-6-18-4-7-20(8-5-18)22-13-24(31)28(25(32)14-22)21-9-10-26(23(30)12-21)38-17-29(33,34)35/h9-10,12-14,18-20,27H,2-8,11,15-17H2,1H3.